The Hall–Kier alpha value is -3.32. The molecule has 7 heteroatoms. The van der Waals surface area contributed by atoms with Crippen LogP contribution in [0.25, 0.3) is 5.69 Å². The first kappa shape index (κ1) is 25.8. The number of rotatable bonds is 10. The number of ether oxygens (including phenoxy) is 1. The molecule has 1 amide bonds. The number of para-hydroxylation sites is 2. The molecule has 1 atom stereocenters. The Kier molecular flexibility index (Phi) is 8.65. The number of piperazine rings is 1. The van der Waals surface area contributed by atoms with E-state index in [-0.39, 0.29) is 18.6 Å². The molecule has 7 nitrogen and oxygen atoms in total. The van der Waals surface area contributed by atoms with Gasteiger partial charge in [-0.05, 0) is 51.1 Å². The van der Waals surface area contributed by atoms with Gasteiger partial charge in [0.2, 0.25) is 0 Å². The highest BCUT2D eigenvalue weighted by molar-refractivity contribution is 5.78. The second-order valence-electron chi connectivity index (χ2n) is 9.44. The lowest BCUT2D eigenvalue weighted by Gasteiger charge is -2.37. The average molecular weight is 490 g/mol. The second-order valence-corrected chi connectivity index (χ2v) is 9.44. The molecule has 3 aromatic rings. The summed E-state index contributed by atoms with van der Waals surface area (Å²) >= 11 is 0. The van der Waals surface area contributed by atoms with Crippen LogP contribution >= 0.6 is 0 Å². The zero-order valence-electron chi connectivity index (χ0n) is 22.1. The van der Waals surface area contributed by atoms with Crippen LogP contribution in [0.15, 0.2) is 60.7 Å². The van der Waals surface area contributed by atoms with Gasteiger partial charge in [-0.1, -0.05) is 50.2 Å². The Morgan fingerprint density at radius 3 is 2.25 bits per heavy atom. The van der Waals surface area contributed by atoms with Gasteiger partial charge in [0.1, 0.15) is 11.6 Å². The summed E-state index contributed by atoms with van der Waals surface area (Å²) in [5, 5.41) is 4.98. The largest absolute Gasteiger partial charge is 0.484 e. The van der Waals surface area contributed by atoms with E-state index in [9.17, 15) is 4.79 Å². The van der Waals surface area contributed by atoms with E-state index in [1.165, 1.54) is 0 Å². The van der Waals surface area contributed by atoms with Crippen molar-refractivity contribution in [2.75, 3.05) is 44.2 Å². The SMILES string of the molecule is CCC(C)N(Cc1c(C)nn(-c2ccccc2)c1N1CCN(CC)CC1)C(=O)COc1ccccc1. The number of aromatic nitrogens is 2. The minimum absolute atomic E-state index is 0.0122. The molecule has 0 radical (unpaired) electrons. The Morgan fingerprint density at radius 1 is 1.00 bits per heavy atom. The predicted molar refractivity (Wildman–Crippen MR) is 145 cm³/mol. The fraction of sp³-hybridized carbons (Fsp3) is 0.448. The molecule has 0 N–H and O–H groups in total. The number of likely N-dealkylation sites (N-methyl/N-ethyl adjacent to an activating group) is 1. The third-order valence-corrected chi connectivity index (χ3v) is 7.15. The molecule has 2 heterocycles. The number of carbonyl (C=O) groups excluding carboxylic acids is 1. The Bertz CT molecular complexity index is 1110. The molecule has 192 valence electrons. The molecule has 1 saturated heterocycles. The number of benzene rings is 2. The third-order valence-electron chi connectivity index (χ3n) is 7.15. The van der Waals surface area contributed by atoms with Crippen molar-refractivity contribution in [1.82, 2.24) is 19.6 Å². The normalized spacial score (nSPS) is 15.1. The number of amides is 1. The van der Waals surface area contributed by atoms with Gasteiger partial charge in [-0.2, -0.15) is 5.10 Å². The maximum absolute atomic E-state index is 13.4. The van der Waals surface area contributed by atoms with Crippen LogP contribution in [0.3, 0.4) is 0 Å². The summed E-state index contributed by atoms with van der Waals surface area (Å²) in [6.07, 6.45) is 0.869. The molecule has 0 aliphatic carbocycles. The summed E-state index contributed by atoms with van der Waals surface area (Å²) < 4.78 is 7.89. The van der Waals surface area contributed by atoms with Crippen LogP contribution in [-0.2, 0) is 11.3 Å². The van der Waals surface area contributed by atoms with Crippen molar-refractivity contribution in [3.63, 3.8) is 0 Å². The van der Waals surface area contributed by atoms with Gasteiger partial charge in [-0.15, -0.1) is 0 Å². The van der Waals surface area contributed by atoms with Gasteiger partial charge >= 0.3 is 0 Å². The summed E-state index contributed by atoms with van der Waals surface area (Å²) in [6.45, 7) is 14.0. The lowest BCUT2D eigenvalue weighted by Crippen LogP contribution is -2.47. The molecule has 36 heavy (non-hydrogen) atoms. The Balaban J connectivity index is 1.65. The molecule has 0 spiro atoms. The number of anilines is 1. The van der Waals surface area contributed by atoms with Crippen molar-refractivity contribution in [2.24, 2.45) is 0 Å². The topological polar surface area (TPSA) is 53.8 Å². The number of nitrogens with zero attached hydrogens (tertiary/aromatic N) is 5. The molecule has 1 fully saturated rings. The van der Waals surface area contributed by atoms with Crippen LogP contribution in [-0.4, -0.2) is 70.9 Å². The molecule has 1 aromatic heterocycles. The summed E-state index contributed by atoms with van der Waals surface area (Å²) in [6, 6.07) is 19.9. The van der Waals surface area contributed by atoms with Crippen molar-refractivity contribution in [3.05, 3.63) is 71.9 Å². The number of hydrogen-bond donors (Lipinski definition) is 0. The van der Waals surface area contributed by atoms with E-state index in [1.54, 1.807) is 0 Å². The fourth-order valence-corrected chi connectivity index (χ4v) is 4.71. The molecule has 0 saturated carbocycles. The van der Waals surface area contributed by atoms with Gasteiger partial charge < -0.3 is 19.4 Å². The summed E-state index contributed by atoms with van der Waals surface area (Å²) in [5.41, 5.74) is 3.10. The molecular weight excluding hydrogens is 450 g/mol. The zero-order valence-corrected chi connectivity index (χ0v) is 22.1. The van der Waals surface area contributed by atoms with Gasteiger partial charge in [0.25, 0.3) is 5.91 Å². The smallest absolute Gasteiger partial charge is 0.261 e. The summed E-state index contributed by atoms with van der Waals surface area (Å²) in [5.74, 6) is 1.79. The van der Waals surface area contributed by atoms with Crippen LogP contribution in [0.4, 0.5) is 5.82 Å². The van der Waals surface area contributed by atoms with E-state index in [0.717, 1.165) is 61.9 Å². The minimum Gasteiger partial charge on any atom is -0.484 e. The van der Waals surface area contributed by atoms with Gasteiger partial charge in [0.15, 0.2) is 6.61 Å². The van der Waals surface area contributed by atoms with E-state index in [2.05, 4.69) is 54.3 Å². The first-order chi connectivity index (χ1) is 17.5. The van der Waals surface area contributed by atoms with Gasteiger partial charge in [0, 0.05) is 37.8 Å². The second kappa shape index (κ2) is 12.1. The molecule has 0 bridgehead atoms. The lowest BCUT2D eigenvalue weighted by molar-refractivity contribution is -0.136. The molecule has 1 aliphatic rings. The van der Waals surface area contributed by atoms with Gasteiger partial charge in [-0.25, -0.2) is 4.68 Å². The zero-order chi connectivity index (χ0) is 25.5. The number of hydrogen-bond acceptors (Lipinski definition) is 5. The Morgan fingerprint density at radius 2 is 1.64 bits per heavy atom. The van der Waals surface area contributed by atoms with E-state index >= 15 is 0 Å². The van der Waals surface area contributed by atoms with Gasteiger partial charge in [0.05, 0.1) is 17.9 Å². The van der Waals surface area contributed by atoms with E-state index in [4.69, 9.17) is 9.84 Å². The van der Waals surface area contributed by atoms with Crippen molar-refractivity contribution >= 4 is 11.7 Å². The van der Waals surface area contributed by atoms with Crippen LogP contribution in [0.1, 0.15) is 38.4 Å². The van der Waals surface area contributed by atoms with E-state index < -0.39 is 0 Å². The molecule has 1 aliphatic heterocycles. The standard InChI is InChI=1S/C29H39N5O2/c1-5-23(3)33(28(35)22-36-26-15-11-8-12-16-26)21-27-24(4)30-34(25-13-9-7-10-14-25)29(27)32-19-17-31(6-2)18-20-32/h7-16,23H,5-6,17-22H2,1-4H3. The number of aryl methyl sites for hydroxylation is 1. The molecular formula is C29H39N5O2. The van der Waals surface area contributed by atoms with Crippen LogP contribution < -0.4 is 9.64 Å². The third kappa shape index (κ3) is 5.90. The first-order valence-electron chi connectivity index (χ1n) is 13.1. The molecule has 4 rings (SSSR count). The highest BCUT2D eigenvalue weighted by Gasteiger charge is 2.29. The number of carbonyl (C=O) groups is 1. The predicted octanol–water partition coefficient (Wildman–Crippen LogP) is 4.53. The quantitative estimate of drug-likeness (QED) is 0.419. The van der Waals surface area contributed by atoms with Crippen LogP contribution in [0, 0.1) is 6.92 Å². The van der Waals surface area contributed by atoms with Crippen molar-refractivity contribution in [1.29, 1.82) is 0 Å². The minimum atomic E-state index is -0.0122. The first-order valence-corrected chi connectivity index (χ1v) is 13.1. The monoisotopic (exact) mass is 489 g/mol. The Labute approximate surface area is 215 Å². The highest BCUT2D eigenvalue weighted by Crippen LogP contribution is 2.30. The molecule has 2 aromatic carbocycles. The molecule has 1 unspecified atom stereocenters. The van der Waals surface area contributed by atoms with Crippen LogP contribution in [0.2, 0.25) is 0 Å². The van der Waals surface area contributed by atoms with Gasteiger partial charge in [-0.3, -0.25) is 4.79 Å². The maximum atomic E-state index is 13.4. The van der Waals surface area contributed by atoms with E-state index in [1.807, 2.05) is 53.4 Å². The van der Waals surface area contributed by atoms with Crippen LogP contribution in [0.5, 0.6) is 5.75 Å². The van der Waals surface area contributed by atoms with Crippen molar-refractivity contribution in [3.8, 4) is 11.4 Å². The maximum Gasteiger partial charge on any atom is 0.261 e. The van der Waals surface area contributed by atoms with E-state index in [0.29, 0.717) is 12.3 Å². The summed E-state index contributed by atoms with van der Waals surface area (Å²) in [7, 11) is 0. The van der Waals surface area contributed by atoms with Crippen molar-refractivity contribution < 1.29 is 9.53 Å². The lowest BCUT2D eigenvalue weighted by atomic mass is 10.1. The summed E-state index contributed by atoms with van der Waals surface area (Å²) in [4.78, 5) is 20.3. The van der Waals surface area contributed by atoms with Crippen molar-refractivity contribution in [2.45, 2.75) is 46.7 Å². The fourth-order valence-electron chi connectivity index (χ4n) is 4.71. The average Bonchev–Trinajstić information content (AvgIpc) is 3.26. The highest BCUT2D eigenvalue weighted by atomic mass is 16.5.